The van der Waals surface area contributed by atoms with Gasteiger partial charge < -0.3 is 14.7 Å². The fraction of sp³-hybridized carbons (Fsp3) is 0.667. The minimum atomic E-state index is -0.473. The SMILES string of the molecule is CC(O)c1ccc(N2CC(C)(C)OC(C)(C)C2)nc1. The van der Waals surface area contributed by atoms with E-state index >= 15 is 0 Å². The fourth-order valence-electron chi connectivity index (χ4n) is 2.78. The molecule has 1 atom stereocenters. The summed E-state index contributed by atoms with van der Waals surface area (Å²) >= 11 is 0. The second-order valence-electron chi connectivity index (χ2n) is 6.60. The minimum Gasteiger partial charge on any atom is -0.389 e. The van der Waals surface area contributed by atoms with E-state index in [-0.39, 0.29) is 11.2 Å². The molecule has 1 aromatic rings. The van der Waals surface area contributed by atoms with Crippen molar-refractivity contribution in [1.82, 2.24) is 4.98 Å². The quantitative estimate of drug-likeness (QED) is 0.891. The second-order valence-corrected chi connectivity index (χ2v) is 6.60. The van der Waals surface area contributed by atoms with E-state index in [0.29, 0.717) is 0 Å². The maximum absolute atomic E-state index is 9.52. The highest BCUT2D eigenvalue weighted by atomic mass is 16.5. The summed E-state index contributed by atoms with van der Waals surface area (Å²) in [4.78, 5) is 6.71. The molecule has 19 heavy (non-hydrogen) atoms. The summed E-state index contributed by atoms with van der Waals surface area (Å²) < 4.78 is 6.07. The van der Waals surface area contributed by atoms with Crippen LogP contribution in [0.5, 0.6) is 0 Å². The zero-order valence-corrected chi connectivity index (χ0v) is 12.5. The summed E-state index contributed by atoms with van der Waals surface area (Å²) in [5.41, 5.74) is 0.467. The van der Waals surface area contributed by atoms with Gasteiger partial charge in [-0.1, -0.05) is 6.07 Å². The molecule has 0 saturated carbocycles. The summed E-state index contributed by atoms with van der Waals surface area (Å²) in [5.74, 6) is 0.939. The number of ether oxygens (including phenoxy) is 1. The Bertz CT molecular complexity index is 422. The van der Waals surface area contributed by atoms with Crippen molar-refractivity contribution in [2.24, 2.45) is 0 Å². The summed E-state index contributed by atoms with van der Waals surface area (Å²) in [6.07, 6.45) is 1.27. The third-order valence-electron chi connectivity index (χ3n) is 3.27. The van der Waals surface area contributed by atoms with Crippen molar-refractivity contribution in [2.45, 2.75) is 51.9 Å². The van der Waals surface area contributed by atoms with Crippen molar-refractivity contribution in [3.63, 3.8) is 0 Å². The number of anilines is 1. The number of aromatic nitrogens is 1. The Morgan fingerprint density at radius 2 is 1.79 bits per heavy atom. The van der Waals surface area contributed by atoms with Crippen LogP contribution in [0.1, 0.15) is 46.3 Å². The predicted octanol–water partition coefficient (Wildman–Crippen LogP) is 2.53. The van der Waals surface area contributed by atoms with Crippen molar-refractivity contribution in [1.29, 1.82) is 0 Å². The number of morpholine rings is 1. The normalized spacial score (nSPS) is 23.2. The zero-order valence-electron chi connectivity index (χ0n) is 12.5. The Morgan fingerprint density at radius 1 is 1.21 bits per heavy atom. The fourth-order valence-corrected chi connectivity index (χ4v) is 2.78. The van der Waals surface area contributed by atoms with E-state index in [2.05, 4.69) is 37.6 Å². The molecule has 1 aliphatic heterocycles. The second kappa shape index (κ2) is 4.76. The molecule has 1 saturated heterocycles. The molecule has 106 valence electrons. The first-order valence-electron chi connectivity index (χ1n) is 6.78. The highest BCUT2D eigenvalue weighted by Crippen LogP contribution is 2.30. The molecule has 0 spiro atoms. The topological polar surface area (TPSA) is 45.6 Å². The van der Waals surface area contributed by atoms with E-state index in [1.807, 2.05) is 12.1 Å². The van der Waals surface area contributed by atoms with Gasteiger partial charge in [-0.15, -0.1) is 0 Å². The maximum Gasteiger partial charge on any atom is 0.128 e. The molecule has 0 aromatic carbocycles. The first-order chi connectivity index (χ1) is 8.69. The zero-order chi connectivity index (χ0) is 14.3. The van der Waals surface area contributed by atoms with Gasteiger partial charge in [0, 0.05) is 19.3 Å². The standard InChI is InChI=1S/C15H24N2O2/c1-11(18)12-6-7-13(16-8-12)17-9-14(2,3)19-15(4,5)10-17/h6-8,11,18H,9-10H2,1-5H3. The average Bonchev–Trinajstić information content (AvgIpc) is 2.25. The van der Waals surface area contributed by atoms with Crippen LogP contribution in [0.15, 0.2) is 18.3 Å². The number of rotatable bonds is 2. The molecule has 4 heteroatoms. The van der Waals surface area contributed by atoms with Crippen LogP contribution in [0, 0.1) is 0 Å². The van der Waals surface area contributed by atoms with E-state index in [1.54, 1.807) is 13.1 Å². The highest BCUT2D eigenvalue weighted by Gasteiger charge is 2.38. The van der Waals surface area contributed by atoms with Gasteiger partial charge in [0.2, 0.25) is 0 Å². The van der Waals surface area contributed by atoms with Gasteiger partial charge in [-0.25, -0.2) is 4.98 Å². The maximum atomic E-state index is 9.52. The van der Waals surface area contributed by atoms with Crippen LogP contribution in [0.4, 0.5) is 5.82 Å². The molecular formula is C15H24N2O2. The number of aliphatic hydroxyl groups excluding tert-OH is 1. The monoisotopic (exact) mass is 264 g/mol. The summed E-state index contributed by atoms with van der Waals surface area (Å²) in [6.45, 7) is 11.8. The lowest BCUT2D eigenvalue weighted by Crippen LogP contribution is -2.57. The lowest BCUT2D eigenvalue weighted by molar-refractivity contribution is -0.133. The lowest BCUT2D eigenvalue weighted by Gasteiger charge is -2.47. The largest absolute Gasteiger partial charge is 0.389 e. The Hall–Kier alpha value is -1.13. The minimum absolute atomic E-state index is 0.188. The number of hydrogen-bond acceptors (Lipinski definition) is 4. The molecule has 1 unspecified atom stereocenters. The van der Waals surface area contributed by atoms with Crippen LogP contribution in [-0.4, -0.2) is 34.4 Å². The van der Waals surface area contributed by atoms with Crippen LogP contribution < -0.4 is 4.90 Å². The van der Waals surface area contributed by atoms with Gasteiger partial charge in [0.25, 0.3) is 0 Å². The van der Waals surface area contributed by atoms with E-state index in [4.69, 9.17) is 4.74 Å². The van der Waals surface area contributed by atoms with Crippen LogP contribution in [0.3, 0.4) is 0 Å². The summed E-state index contributed by atoms with van der Waals surface area (Å²) in [5, 5.41) is 9.52. The number of aliphatic hydroxyl groups is 1. The number of hydrogen-bond donors (Lipinski definition) is 1. The van der Waals surface area contributed by atoms with Crippen molar-refractivity contribution < 1.29 is 9.84 Å². The van der Waals surface area contributed by atoms with Gasteiger partial charge >= 0.3 is 0 Å². The van der Waals surface area contributed by atoms with Gasteiger partial charge in [0.15, 0.2) is 0 Å². The first-order valence-corrected chi connectivity index (χ1v) is 6.78. The molecule has 0 amide bonds. The lowest BCUT2D eigenvalue weighted by atomic mass is 9.99. The van der Waals surface area contributed by atoms with Gasteiger partial charge in [-0.2, -0.15) is 0 Å². The summed E-state index contributed by atoms with van der Waals surface area (Å²) in [7, 11) is 0. The van der Waals surface area contributed by atoms with Crippen molar-refractivity contribution in [2.75, 3.05) is 18.0 Å². The van der Waals surface area contributed by atoms with E-state index < -0.39 is 6.10 Å². The highest BCUT2D eigenvalue weighted by molar-refractivity contribution is 5.41. The van der Waals surface area contributed by atoms with Gasteiger partial charge in [-0.3, -0.25) is 0 Å². The molecule has 1 aromatic heterocycles. The van der Waals surface area contributed by atoms with Gasteiger partial charge in [0.1, 0.15) is 5.82 Å². The molecular weight excluding hydrogens is 240 g/mol. The molecule has 2 heterocycles. The molecule has 1 aliphatic rings. The summed E-state index contributed by atoms with van der Waals surface area (Å²) in [6, 6.07) is 3.90. The predicted molar refractivity (Wildman–Crippen MR) is 76.3 cm³/mol. The van der Waals surface area contributed by atoms with Gasteiger partial charge in [0.05, 0.1) is 17.3 Å². The van der Waals surface area contributed by atoms with E-state index in [0.717, 1.165) is 24.5 Å². The van der Waals surface area contributed by atoms with Crippen LogP contribution in [-0.2, 0) is 4.74 Å². The molecule has 1 N–H and O–H groups in total. The van der Waals surface area contributed by atoms with Gasteiger partial charge in [-0.05, 0) is 46.2 Å². The Kier molecular flexibility index (Phi) is 3.58. The van der Waals surface area contributed by atoms with Crippen LogP contribution in [0.25, 0.3) is 0 Å². The van der Waals surface area contributed by atoms with Crippen molar-refractivity contribution >= 4 is 5.82 Å². The Labute approximate surface area is 115 Å². The van der Waals surface area contributed by atoms with Crippen molar-refractivity contribution in [3.8, 4) is 0 Å². The molecule has 0 bridgehead atoms. The third-order valence-corrected chi connectivity index (χ3v) is 3.27. The molecule has 4 nitrogen and oxygen atoms in total. The van der Waals surface area contributed by atoms with Crippen molar-refractivity contribution in [3.05, 3.63) is 23.9 Å². The smallest absolute Gasteiger partial charge is 0.128 e. The average molecular weight is 264 g/mol. The Morgan fingerprint density at radius 3 is 2.21 bits per heavy atom. The number of nitrogens with zero attached hydrogens (tertiary/aromatic N) is 2. The first kappa shape index (κ1) is 14.3. The van der Waals surface area contributed by atoms with E-state index in [9.17, 15) is 5.11 Å². The molecule has 2 rings (SSSR count). The van der Waals surface area contributed by atoms with Crippen LogP contribution in [0.2, 0.25) is 0 Å². The molecule has 0 aliphatic carbocycles. The molecule has 1 fully saturated rings. The van der Waals surface area contributed by atoms with E-state index in [1.165, 1.54) is 0 Å². The Balaban J connectivity index is 2.21. The third kappa shape index (κ3) is 3.45. The van der Waals surface area contributed by atoms with Crippen LogP contribution >= 0.6 is 0 Å². The molecule has 0 radical (unpaired) electrons. The number of pyridine rings is 1.